The highest BCUT2D eigenvalue weighted by atomic mass is 35.5. The lowest BCUT2D eigenvalue weighted by Crippen LogP contribution is -2.50. The van der Waals surface area contributed by atoms with Gasteiger partial charge in [-0.05, 0) is 59.4 Å². The van der Waals surface area contributed by atoms with E-state index in [1.54, 1.807) is 72.8 Å². The highest BCUT2D eigenvalue weighted by Crippen LogP contribution is 2.47. The van der Waals surface area contributed by atoms with E-state index in [1.165, 1.54) is 4.90 Å². The van der Waals surface area contributed by atoms with Gasteiger partial charge in [0.05, 0.1) is 12.0 Å². The summed E-state index contributed by atoms with van der Waals surface area (Å²) in [5.41, 5.74) is 3.84. The third-order valence-corrected chi connectivity index (χ3v) is 7.63. The van der Waals surface area contributed by atoms with Crippen molar-refractivity contribution in [2.75, 3.05) is 6.54 Å². The lowest BCUT2D eigenvalue weighted by atomic mass is 9.77. The number of carboxylic acids is 1. The summed E-state index contributed by atoms with van der Waals surface area (Å²) in [4.78, 5) is 42.5. The van der Waals surface area contributed by atoms with Gasteiger partial charge in [0.15, 0.2) is 6.04 Å². The molecule has 40 heavy (non-hydrogen) atoms. The van der Waals surface area contributed by atoms with Crippen LogP contribution in [-0.2, 0) is 16.0 Å². The number of nitrogens with one attached hydrogen (secondary N) is 1. The van der Waals surface area contributed by atoms with Crippen LogP contribution in [0.25, 0.3) is 0 Å². The van der Waals surface area contributed by atoms with Crippen molar-refractivity contribution in [2.45, 2.75) is 31.3 Å². The second-order valence-electron chi connectivity index (χ2n) is 9.90. The minimum absolute atomic E-state index is 0.280. The lowest BCUT2D eigenvalue weighted by molar-refractivity contribution is -0.144. The maximum absolute atomic E-state index is 14.2. The second kappa shape index (κ2) is 11.8. The Balaban J connectivity index is 1.65. The number of amides is 2. The molecule has 2 N–H and O–H groups in total. The largest absolute Gasteiger partial charge is 0.479 e. The van der Waals surface area contributed by atoms with Crippen molar-refractivity contribution in [3.63, 3.8) is 0 Å². The molecule has 1 heterocycles. The SMILES string of the molecule is Cc1cc(Cl)ccc1C1C(C(=O)NCCc2ccccc2)c2ccccc2C(=O)N1[C@H](C(=O)O)c1ccccc1. The van der Waals surface area contributed by atoms with Crippen LogP contribution in [0.4, 0.5) is 0 Å². The first-order chi connectivity index (χ1) is 19.4. The molecule has 0 fully saturated rings. The van der Waals surface area contributed by atoms with Gasteiger partial charge in [-0.15, -0.1) is 0 Å². The summed E-state index contributed by atoms with van der Waals surface area (Å²) in [5, 5.41) is 14.1. The fourth-order valence-corrected chi connectivity index (χ4v) is 5.79. The predicted octanol–water partition coefficient (Wildman–Crippen LogP) is 6.11. The first kappa shape index (κ1) is 27.2. The van der Waals surface area contributed by atoms with Crippen LogP contribution in [0.15, 0.2) is 103 Å². The van der Waals surface area contributed by atoms with E-state index in [4.69, 9.17) is 11.6 Å². The fourth-order valence-electron chi connectivity index (χ4n) is 5.56. The van der Waals surface area contributed by atoms with E-state index < -0.39 is 29.9 Å². The average molecular weight is 553 g/mol. The van der Waals surface area contributed by atoms with E-state index in [9.17, 15) is 19.5 Å². The Morgan fingerprint density at radius 3 is 2.23 bits per heavy atom. The molecule has 202 valence electrons. The molecule has 4 aromatic carbocycles. The molecule has 0 bridgehead atoms. The number of aryl methyl sites for hydroxylation is 1. The first-order valence-corrected chi connectivity index (χ1v) is 13.5. The van der Waals surface area contributed by atoms with E-state index in [0.29, 0.717) is 40.2 Å². The zero-order chi connectivity index (χ0) is 28.2. The standard InChI is InChI=1S/C33H29ClN2O4/c1-21-20-24(34)16-17-25(21)30-28(31(37)35-19-18-22-10-4-2-5-11-22)26-14-8-9-15-27(26)32(38)36(30)29(33(39)40)23-12-6-3-7-13-23/h2-17,20,28-30H,18-19H2,1H3,(H,35,37)(H,39,40)/t28?,29-,30?/m0/s1. The minimum atomic E-state index is -1.32. The summed E-state index contributed by atoms with van der Waals surface area (Å²) in [7, 11) is 0. The summed E-state index contributed by atoms with van der Waals surface area (Å²) in [6.45, 7) is 2.25. The molecule has 0 saturated carbocycles. The van der Waals surface area contributed by atoms with Gasteiger partial charge in [0, 0.05) is 17.1 Å². The van der Waals surface area contributed by atoms with Crippen LogP contribution in [0, 0.1) is 6.92 Å². The van der Waals surface area contributed by atoms with Gasteiger partial charge < -0.3 is 15.3 Å². The molecule has 6 nitrogen and oxygen atoms in total. The van der Waals surface area contributed by atoms with Crippen LogP contribution in [0.1, 0.15) is 56.2 Å². The highest BCUT2D eigenvalue weighted by Gasteiger charge is 2.49. The van der Waals surface area contributed by atoms with Gasteiger partial charge in [0.1, 0.15) is 0 Å². The maximum atomic E-state index is 14.2. The molecule has 7 heteroatoms. The molecule has 4 aromatic rings. The van der Waals surface area contributed by atoms with Crippen molar-refractivity contribution in [3.05, 3.63) is 142 Å². The molecular formula is C33H29ClN2O4. The normalized spacial score (nSPS) is 17.1. The Hall–Kier alpha value is -4.42. The number of carbonyl (C=O) groups excluding carboxylic acids is 2. The van der Waals surface area contributed by atoms with Crippen LogP contribution in [-0.4, -0.2) is 34.3 Å². The molecule has 2 amide bonds. The van der Waals surface area contributed by atoms with Crippen molar-refractivity contribution in [1.82, 2.24) is 10.2 Å². The second-order valence-corrected chi connectivity index (χ2v) is 10.3. The number of hydrogen-bond acceptors (Lipinski definition) is 3. The van der Waals surface area contributed by atoms with Gasteiger partial charge in [-0.1, -0.05) is 96.5 Å². The fraction of sp³-hybridized carbons (Fsp3) is 0.182. The number of aliphatic carboxylic acids is 1. The lowest BCUT2D eigenvalue weighted by Gasteiger charge is -2.45. The molecular weight excluding hydrogens is 524 g/mol. The molecule has 1 aliphatic rings. The number of nitrogens with zero attached hydrogens (tertiary/aromatic N) is 1. The van der Waals surface area contributed by atoms with Crippen molar-refractivity contribution in [3.8, 4) is 0 Å². The van der Waals surface area contributed by atoms with Crippen LogP contribution < -0.4 is 5.32 Å². The molecule has 0 aromatic heterocycles. The topological polar surface area (TPSA) is 86.7 Å². The Bertz CT molecular complexity index is 1540. The van der Waals surface area contributed by atoms with E-state index >= 15 is 0 Å². The number of benzene rings is 4. The molecule has 0 aliphatic carbocycles. The Labute approximate surface area is 238 Å². The Morgan fingerprint density at radius 1 is 0.900 bits per heavy atom. The van der Waals surface area contributed by atoms with Crippen LogP contribution in [0.2, 0.25) is 5.02 Å². The monoisotopic (exact) mass is 552 g/mol. The summed E-state index contributed by atoms with van der Waals surface area (Å²) in [6, 6.07) is 28.5. The third-order valence-electron chi connectivity index (χ3n) is 7.39. The van der Waals surface area contributed by atoms with E-state index in [2.05, 4.69) is 5.32 Å². The number of fused-ring (bicyclic) bond motifs is 1. The number of rotatable bonds is 8. The van der Waals surface area contributed by atoms with Gasteiger partial charge in [-0.25, -0.2) is 4.79 Å². The number of carbonyl (C=O) groups is 3. The van der Waals surface area contributed by atoms with Gasteiger partial charge in [0.2, 0.25) is 5.91 Å². The smallest absolute Gasteiger partial charge is 0.331 e. The summed E-state index contributed by atoms with van der Waals surface area (Å²) >= 11 is 6.28. The number of halogens is 1. The summed E-state index contributed by atoms with van der Waals surface area (Å²) in [6.07, 6.45) is 0.635. The summed E-state index contributed by atoms with van der Waals surface area (Å²) < 4.78 is 0. The predicted molar refractivity (Wildman–Crippen MR) is 154 cm³/mol. The van der Waals surface area contributed by atoms with Crippen molar-refractivity contribution in [2.24, 2.45) is 0 Å². The third kappa shape index (κ3) is 5.36. The van der Waals surface area contributed by atoms with Crippen molar-refractivity contribution >= 4 is 29.4 Å². The zero-order valence-electron chi connectivity index (χ0n) is 22.0. The maximum Gasteiger partial charge on any atom is 0.331 e. The van der Waals surface area contributed by atoms with E-state index in [-0.39, 0.29) is 5.91 Å². The summed E-state index contributed by atoms with van der Waals surface area (Å²) in [5.74, 6) is -2.76. The minimum Gasteiger partial charge on any atom is -0.479 e. The quantitative estimate of drug-likeness (QED) is 0.276. The van der Waals surface area contributed by atoms with Crippen molar-refractivity contribution < 1.29 is 19.5 Å². The van der Waals surface area contributed by atoms with Crippen LogP contribution >= 0.6 is 11.6 Å². The molecule has 2 unspecified atom stereocenters. The zero-order valence-corrected chi connectivity index (χ0v) is 22.7. The Morgan fingerprint density at radius 2 is 1.55 bits per heavy atom. The highest BCUT2D eigenvalue weighted by molar-refractivity contribution is 6.30. The molecule has 1 aliphatic heterocycles. The van der Waals surface area contributed by atoms with Gasteiger partial charge in [0.25, 0.3) is 5.91 Å². The van der Waals surface area contributed by atoms with Crippen LogP contribution in [0.3, 0.4) is 0 Å². The van der Waals surface area contributed by atoms with Gasteiger partial charge >= 0.3 is 5.97 Å². The van der Waals surface area contributed by atoms with E-state index in [1.807, 2.05) is 37.3 Å². The number of carboxylic acid groups (broad SMARTS) is 1. The van der Waals surface area contributed by atoms with E-state index in [0.717, 1.165) is 11.1 Å². The molecule has 5 rings (SSSR count). The van der Waals surface area contributed by atoms with Gasteiger partial charge in [-0.2, -0.15) is 0 Å². The molecule has 0 saturated heterocycles. The Kier molecular flexibility index (Phi) is 7.99. The van der Waals surface area contributed by atoms with Crippen LogP contribution in [0.5, 0.6) is 0 Å². The number of hydrogen-bond donors (Lipinski definition) is 2. The average Bonchev–Trinajstić information content (AvgIpc) is 2.95. The van der Waals surface area contributed by atoms with Gasteiger partial charge in [-0.3, -0.25) is 9.59 Å². The van der Waals surface area contributed by atoms with Crippen molar-refractivity contribution in [1.29, 1.82) is 0 Å². The molecule has 3 atom stereocenters. The molecule has 0 radical (unpaired) electrons. The molecule has 0 spiro atoms. The first-order valence-electron chi connectivity index (χ1n) is 13.1.